The molecule has 1 amide bonds. The van der Waals surface area contributed by atoms with E-state index >= 15 is 0 Å². The van der Waals surface area contributed by atoms with Gasteiger partial charge in [-0.05, 0) is 30.2 Å². The summed E-state index contributed by atoms with van der Waals surface area (Å²) in [6, 6.07) is 6.91. The fourth-order valence-electron chi connectivity index (χ4n) is 1.74. The lowest BCUT2D eigenvalue weighted by atomic mass is 10.1. The number of nitrogens with zero attached hydrogens (tertiary/aromatic N) is 1. The fourth-order valence-corrected chi connectivity index (χ4v) is 1.95. The van der Waals surface area contributed by atoms with Crippen LogP contribution >= 0.6 is 23.8 Å². The number of thiocarbonyl (C=S) groups is 1. The number of rotatable bonds is 6. The van der Waals surface area contributed by atoms with E-state index < -0.39 is 0 Å². The summed E-state index contributed by atoms with van der Waals surface area (Å²) in [5, 5.41) is 0.620. The molecule has 0 aromatic heterocycles. The Hall–Kier alpha value is -1.13. The second kappa shape index (κ2) is 7.46. The number of benzene rings is 1. The lowest BCUT2D eigenvalue weighted by molar-refractivity contribution is 0.0741. The van der Waals surface area contributed by atoms with Gasteiger partial charge in [0.05, 0.1) is 4.99 Å². The maximum atomic E-state index is 12.4. The van der Waals surface area contributed by atoms with Crippen molar-refractivity contribution >= 4 is 34.7 Å². The molecule has 0 radical (unpaired) electrons. The maximum absolute atomic E-state index is 12.4. The van der Waals surface area contributed by atoms with Crippen LogP contribution in [0.3, 0.4) is 0 Å². The molecule has 3 nitrogen and oxygen atoms in total. The van der Waals surface area contributed by atoms with Gasteiger partial charge in [0, 0.05) is 30.1 Å². The molecule has 0 aliphatic heterocycles. The number of halogens is 1. The Kier molecular flexibility index (Phi) is 6.25. The van der Waals surface area contributed by atoms with E-state index in [1.165, 1.54) is 0 Å². The van der Waals surface area contributed by atoms with Crippen LogP contribution in [0.4, 0.5) is 0 Å². The number of carbonyl (C=O) groups is 1. The van der Waals surface area contributed by atoms with Crippen molar-refractivity contribution in [2.45, 2.75) is 20.3 Å². The first kappa shape index (κ1) is 15.9. The van der Waals surface area contributed by atoms with Gasteiger partial charge in [0.25, 0.3) is 5.91 Å². The van der Waals surface area contributed by atoms with Crippen LogP contribution < -0.4 is 5.73 Å². The summed E-state index contributed by atoms with van der Waals surface area (Å²) in [6.45, 7) is 5.38. The van der Waals surface area contributed by atoms with Gasteiger partial charge in [-0.2, -0.15) is 0 Å². The van der Waals surface area contributed by atoms with Gasteiger partial charge in [-0.15, -0.1) is 0 Å². The van der Waals surface area contributed by atoms with Crippen molar-refractivity contribution < 1.29 is 4.79 Å². The van der Waals surface area contributed by atoms with E-state index in [0.717, 1.165) is 0 Å². The molecule has 0 heterocycles. The molecule has 0 fully saturated rings. The van der Waals surface area contributed by atoms with E-state index in [4.69, 9.17) is 29.6 Å². The van der Waals surface area contributed by atoms with Gasteiger partial charge < -0.3 is 10.6 Å². The molecule has 0 spiro atoms. The van der Waals surface area contributed by atoms with Crippen LogP contribution in [0.25, 0.3) is 0 Å². The molecule has 0 unspecified atom stereocenters. The summed E-state index contributed by atoms with van der Waals surface area (Å²) in [4.78, 5) is 14.6. The normalized spacial score (nSPS) is 10.5. The Morgan fingerprint density at radius 3 is 2.42 bits per heavy atom. The minimum atomic E-state index is -0.0124. The second-order valence-electron chi connectivity index (χ2n) is 4.87. The maximum Gasteiger partial charge on any atom is 0.253 e. The highest BCUT2D eigenvalue weighted by molar-refractivity contribution is 7.80. The van der Waals surface area contributed by atoms with Gasteiger partial charge >= 0.3 is 0 Å². The van der Waals surface area contributed by atoms with E-state index in [1.807, 2.05) is 0 Å². The first-order valence-corrected chi connectivity index (χ1v) is 7.02. The number of hydrogen-bond acceptors (Lipinski definition) is 2. The summed E-state index contributed by atoms with van der Waals surface area (Å²) >= 11 is 10.7. The van der Waals surface area contributed by atoms with Gasteiger partial charge in [-0.3, -0.25) is 4.79 Å². The van der Waals surface area contributed by atoms with E-state index in [1.54, 1.807) is 29.2 Å². The van der Waals surface area contributed by atoms with Gasteiger partial charge in [0.1, 0.15) is 0 Å². The SMILES string of the molecule is CC(C)CN(CCC(N)=S)C(=O)c1ccc(Cl)cc1. The summed E-state index contributed by atoms with van der Waals surface area (Å²) in [5.74, 6) is 0.379. The third-order valence-electron chi connectivity index (χ3n) is 2.59. The molecule has 0 saturated heterocycles. The van der Waals surface area contributed by atoms with Crippen LogP contribution in [0.5, 0.6) is 0 Å². The zero-order chi connectivity index (χ0) is 14.4. The Labute approximate surface area is 124 Å². The summed E-state index contributed by atoms with van der Waals surface area (Å²) in [7, 11) is 0. The average Bonchev–Trinajstić information content (AvgIpc) is 2.34. The van der Waals surface area contributed by atoms with Crippen LogP contribution in [-0.2, 0) is 0 Å². The van der Waals surface area contributed by atoms with Crippen molar-refractivity contribution in [2.75, 3.05) is 13.1 Å². The summed E-state index contributed by atoms with van der Waals surface area (Å²) in [5.41, 5.74) is 6.14. The molecule has 2 N–H and O–H groups in total. The van der Waals surface area contributed by atoms with Crippen molar-refractivity contribution in [3.63, 3.8) is 0 Å². The number of hydrogen-bond donors (Lipinski definition) is 1. The van der Waals surface area contributed by atoms with Crippen molar-refractivity contribution in [3.8, 4) is 0 Å². The van der Waals surface area contributed by atoms with Crippen molar-refractivity contribution in [1.29, 1.82) is 0 Å². The first-order valence-electron chi connectivity index (χ1n) is 6.23. The standard InChI is InChI=1S/C14H19ClN2OS/c1-10(2)9-17(8-7-13(16)19)14(18)11-3-5-12(15)6-4-11/h3-6,10H,7-9H2,1-2H3,(H2,16,19). The molecule has 1 rings (SSSR count). The smallest absolute Gasteiger partial charge is 0.253 e. The van der Waals surface area contributed by atoms with Crippen molar-refractivity contribution in [3.05, 3.63) is 34.9 Å². The average molecular weight is 299 g/mol. The van der Waals surface area contributed by atoms with E-state index in [2.05, 4.69) is 13.8 Å². The molecule has 5 heteroatoms. The minimum absolute atomic E-state index is 0.0124. The Morgan fingerprint density at radius 2 is 1.95 bits per heavy atom. The highest BCUT2D eigenvalue weighted by Crippen LogP contribution is 2.13. The second-order valence-corrected chi connectivity index (χ2v) is 5.83. The molecule has 0 bridgehead atoms. The number of amides is 1. The summed E-state index contributed by atoms with van der Waals surface area (Å²) < 4.78 is 0. The molecule has 0 aliphatic carbocycles. The van der Waals surface area contributed by atoms with E-state index in [9.17, 15) is 4.79 Å². The quantitative estimate of drug-likeness (QED) is 0.821. The molecular formula is C14H19ClN2OS. The molecule has 0 aliphatic rings. The third-order valence-corrected chi connectivity index (χ3v) is 3.05. The van der Waals surface area contributed by atoms with Gasteiger partial charge in [0.15, 0.2) is 0 Å². The van der Waals surface area contributed by atoms with Crippen LogP contribution in [-0.4, -0.2) is 28.9 Å². The van der Waals surface area contributed by atoms with Gasteiger partial charge in [0.2, 0.25) is 0 Å². The third kappa shape index (κ3) is 5.57. The first-order chi connectivity index (χ1) is 8.90. The molecular weight excluding hydrogens is 280 g/mol. The minimum Gasteiger partial charge on any atom is -0.393 e. The Bertz CT molecular complexity index is 445. The molecule has 19 heavy (non-hydrogen) atoms. The van der Waals surface area contributed by atoms with Crippen LogP contribution in [0.2, 0.25) is 5.02 Å². The zero-order valence-electron chi connectivity index (χ0n) is 11.2. The van der Waals surface area contributed by atoms with Crippen LogP contribution in [0.15, 0.2) is 24.3 Å². The topological polar surface area (TPSA) is 46.3 Å². The molecule has 0 atom stereocenters. The Morgan fingerprint density at radius 1 is 1.37 bits per heavy atom. The molecule has 1 aromatic carbocycles. The highest BCUT2D eigenvalue weighted by Gasteiger charge is 2.16. The molecule has 104 valence electrons. The fraction of sp³-hybridized carbons (Fsp3) is 0.429. The largest absolute Gasteiger partial charge is 0.393 e. The van der Waals surface area contributed by atoms with Crippen molar-refractivity contribution in [1.82, 2.24) is 4.90 Å². The monoisotopic (exact) mass is 298 g/mol. The lowest BCUT2D eigenvalue weighted by Gasteiger charge is -2.24. The van der Waals surface area contributed by atoms with E-state index in [0.29, 0.717) is 41.0 Å². The Balaban J connectivity index is 2.80. The van der Waals surface area contributed by atoms with Crippen LogP contribution in [0, 0.1) is 5.92 Å². The highest BCUT2D eigenvalue weighted by atomic mass is 35.5. The van der Waals surface area contributed by atoms with E-state index in [-0.39, 0.29) is 5.91 Å². The predicted molar refractivity (Wildman–Crippen MR) is 83.6 cm³/mol. The van der Waals surface area contributed by atoms with Gasteiger partial charge in [-0.1, -0.05) is 37.7 Å². The summed E-state index contributed by atoms with van der Waals surface area (Å²) in [6.07, 6.45) is 0.543. The number of carbonyl (C=O) groups excluding carboxylic acids is 1. The predicted octanol–water partition coefficient (Wildman–Crippen LogP) is 3.11. The van der Waals surface area contributed by atoms with Crippen LogP contribution in [0.1, 0.15) is 30.6 Å². The van der Waals surface area contributed by atoms with Gasteiger partial charge in [-0.25, -0.2) is 0 Å². The molecule has 1 aromatic rings. The van der Waals surface area contributed by atoms with Crippen molar-refractivity contribution in [2.24, 2.45) is 11.7 Å². The zero-order valence-corrected chi connectivity index (χ0v) is 12.8. The molecule has 0 saturated carbocycles. The lowest BCUT2D eigenvalue weighted by Crippen LogP contribution is -2.36. The number of nitrogens with two attached hydrogens (primary N) is 1.